The molecule has 174 valence electrons. The van der Waals surface area contributed by atoms with Crippen LogP contribution in [-0.4, -0.2) is 48.2 Å². The van der Waals surface area contributed by atoms with Crippen molar-refractivity contribution >= 4 is 17.7 Å². The summed E-state index contributed by atoms with van der Waals surface area (Å²) < 4.78 is 16.8. The van der Waals surface area contributed by atoms with Crippen molar-refractivity contribution in [1.29, 1.82) is 5.26 Å². The van der Waals surface area contributed by atoms with E-state index in [9.17, 15) is 9.59 Å². The normalized spacial score (nSPS) is 12.4. The standard InChI is InChI=1S/C23H25N3O7/c1-2-31-20(10-11-21(28)26-30)22(17-4-3-5-19(14-17)32-13-12-27)33-23(29)25-18-8-6-16(15-24)7-9-18/h3-11,14,20,22,27,30H,2,12-13H2,1H3,(H,25,29)(H,26,28)/b11-10+/t20-,22-/m1/s1. The molecule has 0 aliphatic rings. The molecule has 10 nitrogen and oxygen atoms in total. The SMILES string of the molecule is CCO[C@H](/C=C/C(=O)NO)[C@H](OC(=O)Nc1ccc(C#N)cc1)c1cccc(OCCO)c1. The third-order valence-corrected chi connectivity index (χ3v) is 4.25. The van der Waals surface area contributed by atoms with E-state index in [1.54, 1.807) is 55.5 Å². The van der Waals surface area contributed by atoms with Gasteiger partial charge in [0.15, 0.2) is 6.10 Å². The summed E-state index contributed by atoms with van der Waals surface area (Å²) >= 11 is 0. The molecule has 0 fully saturated rings. The van der Waals surface area contributed by atoms with E-state index in [0.717, 1.165) is 6.08 Å². The summed E-state index contributed by atoms with van der Waals surface area (Å²) in [6.45, 7) is 1.90. The molecular formula is C23H25N3O7. The Bertz CT molecular complexity index is 986. The van der Waals surface area contributed by atoms with Gasteiger partial charge in [-0.25, -0.2) is 10.3 Å². The highest BCUT2D eigenvalue weighted by atomic mass is 16.6. The van der Waals surface area contributed by atoms with E-state index in [2.05, 4.69) is 5.32 Å². The Morgan fingerprint density at radius 2 is 1.97 bits per heavy atom. The van der Waals surface area contributed by atoms with Crippen molar-refractivity contribution in [2.45, 2.75) is 19.1 Å². The lowest BCUT2D eigenvalue weighted by Crippen LogP contribution is -2.28. The van der Waals surface area contributed by atoms with Crippen molar-refractivity contribution in [2.24, 2.45) is 0 Å². The summed E-state index contributed by atoms with van der Waals surface area (Å²) in [6.07, 6.45) is -0.260. The lowest BCUT2D eigenvalue weighted by Gasteiger charge is -2.25. The molecule has 2 amide bonds. The first kappa shape index (κ1) is 25.4. The van der Waals surface area contributed by atoms with Crippen LogP contribution in [0.5, 0.6) is 5.75 Å². The van der Waals surface area contributed by atoms with Crippen LogP contribution >= 0.6 is 0 Å². The third-order valence-electron chi connectivity index (χ3n) is 4.25. The zero-order valence-corrected chi connectivity index (χ0v) is 17.9. The number of amides is 2. The summed E-state index contributed by atoms with van der Waals surface area (Å²) in [7, 11) is 0. The highest BCUT2D eigenvalue weighted by Crippen LogP contribution is 2.28. The minimum atomic E-state index is -0.997. The fraction of sp³-hybridized carbons (Fsp3) is 0.261. The average molecular weight is 455 g/mol. The monoisotopic (exact) mass is 455 g/mol. The number of anilines is 1. The summed E-state index contributed by atoms with van der Waals surface area (Å²) in [5, 5.41) is 29.2. The van der Waals surface area contributed by atoms with Crippen LogP contribution in [0.2, 0.25) is 0 Å². The van der Waals surface area contributed by atoms with Gasteiger partial charge in [-0.1, -0.05) is 12.1 Å². The molecule has 0 aliphatic carbocycles. The fourth-order valence-electron chi connectivity index (χ4n) is 2.82. The summed E-state index contributed by atoms with van der Waals surface area (Å²) in [6, 6.07) is 14.9. The number of nitrogens with zero attached hydrogens (tertiary/aromatic N) is 1. The highest BCUT2D eigenvalue weighted by Gasteiger charge is 2.27. The van der Waals surface area contributed by atoms with Crippen molar-refractivity contribution in [2.75, 3.05) is 25.1 Å². The second-order valence-electron chi connectivity index (χ2n) is 6.54. The van der Waals surface area contributed by atoms with Gasteiger partial charge in [0.25, 0.3) is 5.91 Å². The quantitative estimate of drug-likeness (QED) is 0.229. The van der Waals surface area contributed by atoms with E-state index < -0.39 is 24.2 Å². The molecule has 0 saturated heterocycles. The topological polar surface area (TPSA) is 150 Å². The lowest BCUT2D eigenvalue weighted by molar-refractivity contribution is -0.124. The predicted molar refractivity (Wildman–Crippen MR) is 118 cm³/mol. The van der Waals surface area contributed by atoms with Crippen molar-refractivity contribution in [3.05, 3.63) is 71.8 Å². The lowest BCUT2D eigenvalue weighted by atomic mass is 10.0. The number of nitriles is 1. The van der Waals surface area contributed by atoms with Crippen LogP contribution in [-0.2, 0) is 14.3 Å². The number of hydrogen-bond donors (Lipinski definition) is 4. The van der Waals surface area contributed by atoms with Crippen molar-refractivity contribution in [3.63, 3.8) is 0 Å². The average Bonchev–Trinajstić information content (AvgIpc) is 2.84. The summed E-state index contributed by atoms with van der Waals surface area (Å²) in [5.74, 6) is -0.338. The minimum absolute atomic E-state index is 0.0830. The number of ether oxygens (including phenoxy) is 3. The maximum atomic E-state index is 12.6. The van der Waals surface area contributed by atoms with Gasteiger partial charge in [0.05, 0.1) is 18.2 Å². The van der Waals surface area contributed by atoms with Crippen molar-refractivity contribution < 1.29 is 34.1 Å². The molecule has 0 radical (unpaired) electrons. The van der Waals surface area contributed by atoms with E-state index >= 15 is 0 Å². The largest absolute Gasteiger partial charge is 0.491 e. The second-order valence-corrected chi connectivity index (χ2v) is 6.54. The van der Waals surface area contributed by atoms with Crippen LogP contribution in [0.3, 0.4) is 0 Å². The molecule has 10 heteroatoms. The molecule has 2 aromatic carbocycles. The number of rotatable bonds is 11. The van der Waals surface area contributed by atoms with Crippen LogP contribution < -0.4 is 15.5 Å². The number of carbonyl (C=O) groups excluding carboxylic acids is 2. The summed E-state index contributed by atoms with van der Waals surface area (Å²) in [5.41, 5.74) is 2.85. The van der Waals surface area contributed by atoms with Crippen LogP contribution in [0.15, 0.2) is 60.7 Å². The molecule has 4 N–H and O–H groups in total. The third kappa shape index (κ3) is 8.27. The van der Waals surface area contributed by atoms with Gasteiger partial charge in [0, 0.05) is 18.4 Å². The molecule has 0 aliphatic heterocycles. The molecule has 0 heterocycles. The molecule has 0 aromatic heterocycles. The Labute approximate surface area is 191 Å². The number of aliphatic hydroxyl groups is 1. The molecule has 0 bridgehead atoms. The van der Waals surface area contributed by atoms with Crippen LogP contribution in [0.25, 0.3) is 0 Å². The fourth-order valence-corrected chi connectivity index (χ4v) is 2.82. The number of aliphatic hydroxyl groups excluding tert-OH is 1. The molecule has 33 heavy (non-hydrogen) atoms. The molecular weight excluding hydrogens is 430 g/mol. The van der Waals surface area contributed by atoms with E-state index in [1.807, 2.05) is 6.07 Å². The molecule has 2 atom stereocenters. The molecule has 2 aromatic rings. The first-order valence-electron chi connectivity index (χ1n) is 10.1. The molecule has 0 unspecified atom stereocenters. The van der Waals surface area contributed by atoms with Crippen molar-refractivity contribution in [3.8, 4) is 11.8 Å². The van der Waals surface area contributed by atoms with Crippen LogP contribution in [0, 0.1) is 11.3 Å². The van der Waals surface area contributed by atoms with Gasteiger partial charge in [-0.15, -0.1) is 0 Å². The van der Waals surface area contributed by atoms with Gasteiger partial charge >= 0.3 is 6.09 Å². The van der Waals surface area contributed by atoms with Gasteiger partial charge in [0.2, 0.25) is 0 Å². The Morgan fingerprint density at radius 1 is 1.21 bits per heavy atom. The van der Waals surface area contributed by atoms with Gasteiger partial charge in [-0.05, 0) is 55.0 Å². The minimum Gasteiger partial charge on any atom is -0.491 e. The van der Waals surface area contributed by atoms with Gasteiger partial charge in [0.1, 0.15) is 18.5 Å². The number of carbonyl (C=O) groups is 2. The maximum absolute atomic E-state index is 12.6. The zero-order valence-electron chi connectivity index (χ0n) is 17.9. The van der Waals surface area contributed by atoms with Crippen molar-refractivity contribution in [1.82, 2.24) is 5.48 Å². The van der Waals surface area contributed by atoms with Gasteiger partial charge < -0.3 is 19.3 Å². The molecule has 0 spiro atoms. The highest BCUT2D eigenvalue weighted by molar-refractivity contribution is 5.86. The number of benzene rings is 2. The number of hydroxylamine groups is 1. The second kappa shape index (κ2) is 13.5. The Balaban J connectivity index is 2.31. The molecule has 0 saturated carbocycles. The van der Waals surface area contributed by atoms with E-state index in [1.165, 1.54) is 11.6 Å². The van der Waals surface area contributed by atoms with Gasteiger partial charge in [-0.2, -0.15) is 5.26 Å². The summed E-state index contributed by atoms with van der Waals surface area (Å²) in [4.78, 5) is 24.1. The van der Waals surface area contributed by atoms with E-state index in [4.69, 9.17) is 29.8 Å². The first-order valence-corrected chi connectivity index (χ1v) is 10.1. The smallest absolute Gasteiger partial charge is 0.412 e. The van der Waals surface area contributed by atoms with Crippen LogP contribution in [0.1, 0.15) is 24.2 Å². The molecule has 2 rings (SSSR count). The van der Waals surface area contributed by atoms with Crippen LogP contribution in [0.4, 0.5) is 10.5 Å². The maximum Gasteiger partial charge on any atom is 0.412 e. The first-order chi connectivity index (χ1) is 16.0. The Morgan fingerprint density at radius 3 is 2.61 bits per heavy atom. The zero-order chi connectivity index (χ0) is 24.1. The number of hydrogen-bond acceptors (Lipinski definition) is 8. The van der Waals surface area contributed by atoms with E-state index in [0.29, 0.717) is 22.6 Å². The predicted octanol–water partition coefficient (Wildman–Crippen LogP) is 2.69. The van der Waals surface area contributed by atoms with Gasteiger partial charge in [-0.3, -0.25) is 15.3 Å². The Hall–Kier alpha value is -3.91. The Kier molecular flexibility index (Phi) is 10.4. The van der Waals surface area contributed by atoms with E-state index in [-0.39, 0.29) is 19.8 Å². The number of nitrogens with one attached hydrogen (secondary N) is 2.